The van der Waals surface area contributed by atoms with Crippen LogP contribution in [0.5, 0.6) is 0 Å². The van der Waals surface area contributed by atoms with E-state index in [4.69, 9.17) is 4.74 Å². The minimum absolute atomic E-state index is 0.126. The Morgan fingerprint density at radius 1 is 1.21 bits per heavy atom. The van der Waals surface area contributed by atoms with Crippen LogP contribution in [0.3, 0.4) is 0 Å². The third-order valence-corrected chi connectivity index (χ3v) is 4.65. The zero-order valence-electron chi connectivity index (χ0n) is 17.0. The molecule has 0 unspecified atom stereocenters. The zero-order chi connectivity index (χ0) is 21.1. The highest BCUT2D eigenvalue weighted by molar-refractivity contribution is 5.88. The number of aromatic nitrogens is 2. The van der Waals surface area contributed by atoms with E-state index in [1.165, 1.54) is 18.2 Å². The molecule has 29 heavy (non-hydrogen) atoms. The zero-order valence-corrected chi connectivity index (χ0v) is 17.0. The standard InChI is InChI=1S/C23H23FN2O3/c1-5-21-25-19-13-18(24)16(8-10-22(27)29-6-2)12-17(19)23(28)26(21)20-9-7-14(3)11-15(20)4/h7-13H,5-6H2,1-4H3/b10-8+. The van der Waals surface area contributed by atoms with Crippen LogP contribution in [0.25, 0.3) is 22.7 Å². The lowest BCUT2D eigenvalue weighted by Crippen LogP contribution is -2.24. The van der Waals surface area contributed by atoms with Crippen molar-refractivity contribution in [3.63, 3.8) is 0 Å². The van der Waals surface area contributed by atoms with E-state index in [2.05, 4.69) is 4.98 Å². The van der Waals surface area contributed by atoms with Crippen LogP contribution in [-0.2, 0) is 16.0 Å². The Morgan fingerprint density at radius 2 is 1.97 bits per heavy atom. The highest BCUT2D eigenvalue weighted by Crippen LogP contribution is 2.21. The SMILES string of the molecule is CCOC(=O)/C=C/c1cc2c(=O)n(-c3ccc(C)cc3C)c(CC)nc2cc1F. The summed E-state index contributed by atoms with van der Waals surface area (Å²) in [6.45, 7) is 7.75. The second kappa shape index (κ2) is 8.39. The first-order chi connectivity index (χ1) is 13.8. The molecule has 6 heteroatoms. The molecule has 0 amide bonds. The molecule has 0 spiro atoms. The number of rotatable bonds is 5. The number of ether oxygens (including phenoxy) is 1. The molecule has 0 radical (unpaired) electrons. The van der Waals surface area contributed by atoms with Crippen LogP contribution in [0.4, 0.5) is 4.39 Å². The predicted molar refractivity (Wildman–Crippen MR) is 112 cm³/mol. The largest absolute Gasteiger partial charge is 0.463 e. The van der Waals surface area contributed by atoms with E-state index in [-0.39, 0.29) is 23.1 Å². The van der Waals surface area contributed by atoms with Gasteiger partial charge in [-0.15, -0.1) is 0 Å². The van der Waals surface area contributed by atoms with Crippen molar-refractivity contribution in [3.05, 3.63) is 75.1 Å². The molecule has 0 aliphatic heterocycles. The third kappa shape index (κ3) is 4.11. The van der Waals surface area contributed by atoms with Crippen LogP contribution in [0, 0.1) is 19.7 Å². The fourth-order valence-corrected chi connectivity index (χ4v) is 3.29. The minimum Gasteiger partial charge on any atom is -0.463 e. The van der Waals surface area contributed by atoms with Crippen molar-refractivity contribution in [2.45, 2.75) is 34.1 Å². The lowest BCUT2D eigenvalue weighted by Gasteiger charge is -2.15. The lowest BCUT2D eigenvalue weighted by atomic mass is 10.1. The van der Waals surface area contributed by atoms with Gasteiger partial charge in [0.1, 0.15) is 11.6 Å². The van der Waals surface area contributed by atoms with Gasteiger partial charge in [-0.1, -0.05) is 24.6 Å². The molecule has 150 valence electrons. The molecule has 1 aromatic heterocycles. The van der Waals surface area contributed by atoms with Gasteiger partial charge in [-0.25, -0.2) is 14.2 Å². The summed E-state index contributed by atoms with van der Waals surface area (Å²) in [5, 5.41) is 0.284. The van der Waals surface area contributed by atoms with Crippen LogP contribution in [0.1, 0.15) is 36.4 Å². The van der Waals surface area contributed by atoms with Crippen molar-refractivity contribution in [1.29, 1.82) is 0 Å². The maximum Gasteiger partial charge on any atom is 0.330 e. The number of hydrogen-bond donors (Lipinski definition) is 0. The molecule has 0 bridgehead atoms. The second-order valence-corrected chi connectivity index (χ2v) is 6.79. The third-order valence-electron chi connectivity index (χ3n) is 4.65. The van der Waals surface area contributed by atoms with Crippen LogP contribution < -0.4 is 5.56 Å². The van der Waals surface area contributed by atoms with E-state index in [0.29, 0.717) is 17.8 Å². The molecule has 2 aromatic carbocycles. The Morgan fingerprint density at radius 3 is 2.62 bits per heavy atom. The molecule has 0 atom stereocenters. The lowest BCUT2D eigenvalue weighted by molar-refractivity contribution is -0.137. The van der Waals surface area contributed by atoms with Gasteiger partial charge in [0.05, 0.1) is 23.2 Å². The predicted octanol–water partition coefficient (Wildman–Crippen LogP) is 4.28. The number of hydrogen-bond acceptors (Lipinski definition) is 4. The Kier molecular flexibility index (Phi) is 5.92. The summed E-state index contributed by atoms with van der Waals surface area (Å²) in [6, 6.07) is 8.49. The Hall–Kier alpha value is -3.28. The Bertz CT molecular complexity index is 1180. The van der Waals surface area contributed by atoms with Crippen molar-refractivity contribution in [2.75, 3.05) is 6.61 Å². The number of carbonyl (C=O) groups excluding carboxylic acids is 1. The molecule has 5 nitrogen and oxygen atoms in total. The molecular weight excluding hydrogens is 371 g/mol. The molecule has 0 aliphatic carbocycles. The van der Waals surface area contributed by atoms with Crippen molar-refractivity contribution >= 4 is 22.9 Å². The summed E-state index contributed by atoms with van der Waals surface area (Å²) in [6.07, 6.45) is 2.97. The number of nitrogens with zero attached hydrogens (tertiary/aromatic N) is 2. The van der Waals surface area contributed by atoms with Gasteiger partial charge in [0.2, 0.25) is 0 Å². The van der Waals surface area contributed by atoms with E-state index in [0.717, 1.165) is 22.9 Å². The van der Waals surface area contributed by atoms with E-state index >= 15 is 0 Å². The van der Waals surface area contributed by atoms with Gasteiger partial charge in [0.25, 0.3) is 5.56 Å². The van der Waals surface area contributed by atoms with Crippen LogP contribution in [-0.4, -0.2) is 22.1 Å². The van der Waals surface area contributed by atoms with Crippen molar-refractivity contribution in [1.82, 2.24) is 9.55 Å². The number of fused-ring (bicyclic) bond motifs is 1. The molecule has 0 fully saturated rings. The number of aryl methyl sites for hydroxylation is 3. The van der Waals surface area contributed by atoms with Gasteiger partial charge < -0.3 is 4.74 Å². The van der Waals surface area contributed by atoms with Gasteiger partial charge in [-0.05, 0) is 44.5 Å². The van der Waals surface area contributed by atoms with E-state index in [1.807, 2.05) is 39.0 Å². The van der Waals surface area contributed by atoms with Gasteiger partial charge >= 0.3 is 5.97 Å². The maximum absolute atomic E-state index is 14.5. The summed E-state index contributed by atoms with van der Waals surface area (Å²) >= 11 is 0. The first-order valence-corrected chi connectivity index (χ1v) is 9.53. The number of benzene rings is 2. The maximum atomic E-state index is 14.5. The monoisotopic (exact) mass is 394 g/mol. The van der Waals surface area contributed by atoms with E-state index in [1.54, 1.807) is 11.5 Å². The van der Waals surface area contributed by atoms with Crippen molar-refractivity contribution in [2.24, 2.45) is 0 Å². The number of halogens is 1. The summed E-state index contributed by atoms with van der Waals surface area (Å²) < 4.78 is 20.9. The highest BCUT2D eigenvalue weighted by atomic mass is 19.1. The summed E-state index contributed by atoms with van der Waals surface area (Å²) in [4.78, 5) is 29.4. The molecular formula is C23H23FN2O3. The van der Waals surface area contributed by atoms with Crippen LogP contribution >= 0.6 is 0 Å². The first kappa shape index (κ1) is 20.5. The highest BCUT2D eigenvalue weighted by Gasteiger charge is 2.15. The van der Waals surface area contributed by atoms with Crippen LogP contribution in [0.15, 0.2) is 41.2 Å². The van der Waals surface area contributed by atoms with E-state index < -0.39 is 11.8 Å². The fraction of sp³-hybridized carbons (Fsp3) is 0.261. The average Bonchev–Trinajstić information content (AvgIpc) is 2.67. The topological polar surface area (TPSA) is 61.2 Å². The smallest absolute Gasteiger partial charge is 0.330 e. The van der Waals surface area contributed by atoms with Crippen LogP contribution in [0.2, 0.25) is 0 Å². The average molecular weight is 394 g/mol. The van der Waals surface area contributed by atoms with Crippen molar-refractivity contribution in [3.8, 4) is 5.69 Å². The molecule has 0 saturated carbocycles. The molecule has 1 heterocycles. The fourth-order valence-electron chi connectivity index (χ4n) is 3.29. The quantitative estimate of drug-likeness (QED) is 0.479. The second-order valence-electron chi connectivity index (χ2n) is 6.79. The summed E-state index contributed by atoms with van der Waals surface area (Å²) in [5.74, 6) is -0.570. The van der Waals surface area contributed by atoms with Gasteiger partial charge in [0, 0.05) is 24.1 Å². The molecule has 0 N–H and O–H groups in total. The molecule has 3 rings (SSSR count). The number of carbonyl (C=O) groups is 1. The molecule has 3 aromatic rings. The normalized spacial score (nSPS) is 11.3. The first-order valence-electron chi connectivity index (χ1n) is 9.53. The Labute approximate surface area is 168 Å². The van der Waals surface area contributed by atoms with Gasteiger partial charge in [0.15, 0.2) is 0 Å². The molecule has 0 aliphatic rings. The number of esters is 1. The summed E-state index contributed by atoms with van der Waals surface area (Å²) in [5.41, 5.74) is 2.94. The van der Waals surface area contributed by atoms with Crippen molar-refractivity contribution < 1.29 is 13.9 Å². The van der Waals surface area contributed by atoms with Gasteiger partial charge in [-0.3, -0.25) is 9.36 Å². The van der Waals surface area contributed by atoms with E-state index in [9.17, 15) is 14.0 Å². The summed E-state index contributed by atoms with van der Waals surface area (Å²) in [7, 11) is 0. The minimum atomic E-state index is -0.570. The van der Waals surface area contributed by atoms with Gasteiger partial charge in [-0.2, -0.15) is 0 Å². The molecule has 0 saturated heterocycles. The Balaban J connectivity index is 2.23.